The molecule has 0 unspecified atom stereocenters. The Kier molecular flexibility index (Phi) is 6.35. The lowest BCUT2D eigenvalue weighted by Gasteiger charge is -2.39. The first-order valence-electron chi connectivity index (χ1n) is 12.7. The Labute approximate surface area is 214 Å². The number of nitrogens with zero attached hydrogens (tertiary/aromatic N) is 5. The number of halogens is 3. The zero-order valence-corrected chi connectivity index (χ0v) is 21.4. The minimum absolute atomic E-state index is 0.239. The first kappa shape index (κ1) is 23.4. The molecule has 1 saturated heterocycles. The maximum atomic E-state index is 15.0. The summed E-state index contributed by atoms with van der Waals surface area (Å²) in [6, 6.07) is 3.66. The molecule has 0 spiro atoms. The Morgan fingerprint density at radius 2 is 1.91 bits per heavy atom. The van der Waals surface area contributed by atoms with Gasteiger partial charge in [0, 0.05) is 25.4 Å². The molecule has 2 aliphatic carbocycles. The van der Waals surface area contributed by atoms with Crippen molar-refractivity contribution in [2.24, 2.45) is 11.8 Å². The fourth-order valence-electron chi connectivity index (χ4n) is 6.23. The minimum Gasteiger partial charge on any atom is -0.374 e. The van der Waals surface area contributed by atoms with Crippen LogP contribution in [0.5, 0.6) is 0 Å². The zero-order chi connectivity index (χ0) is 24.1. The Morgan fingerprint density at radius 1 is 1.09 bits per heavy atom. The normalized spacial score (nSPS) is 26.9. The van der Waals surface area contributed by atoms with Crippen LogP contribution in [0.2, 0.25) is 10.2 Å². The predicted octanol–water partition coefficient (Wildman–Crippen LogP) is 6.52. The minimum atomic E-state index is -0.617. The van der Waals surface area contributed by atoms with Crippen LogP contribution < -0.4 is 4.90 Å². The summed E-state index contributed by atoms with van der Waals surface area (Å²) >= 11 is 12.7. The fraction of sp³-hybridized carbons (Fsp3) is 0.577. The van der Waals surface area contributed by atoms with Crippen molar-refractivity contribution in [3.63, 3.8) is 0 Å². The highest BCUT2D eigenvalue weighted by Crippen LogP contribution is 2.40. The van der Waals surface area contributed by atoms with Crippen LogP contribution in [0, 0.1) is 17.8 Å². The van der Waals surface area contributed by atoms with Crippen molar-refractivity contribution in [3.8, 4) is 11.3 Å². The Morgan fingerprint density at radius 3 is 2.74 bits per heavy atom. The van der Waals surface area contributed by atoms with Gasteiger partial charge in [-0.3, -0.25) is 0 Å². The van der Waals surface area contributed by atoms with E-state index in [4.69, 9.17) is 32.9 Å². The second kappa shape index (κ2) is 9.49. The van der Waals surface area contributed by atoms with Crippen LogP contribution in [0.4, 0.5) is 10.3 Å². The summed E-state index contributed by atoms with van der Waals surface area (Å²) < 4.78 is 23.3. The van der Waals surface area contributed by atoms with Gasteiger partial charge < -0.3 is 14.2 Å². The molecule has 35 heavy (non-hydrogen) atoms. The third-order valence-corrected chi connectivity index (χ3v) is 8.45. The van der Waals surface area contributed by atoms with Crippen molar-refractivity contribution in [2.45, 2.75) is 70.6 Å². The van der Waals surface area contributed by atoms with Crippen molar-refractivity contribution in [1.29, 1.82) is 0 Å². The Hall–Kier alpha value is -1.96. The van der Waals surface area contributed by atoms with Gasteiger partial charge in [-0.2, -0.15) is 4.39 Å². The summed E-state index contributed by atoms with van der Waals surface area (Å²) in [5.74, 6) is 1.60. The second-order valence-electron chi connectivity index (χ2n) is 10.4. The van der Waals surface area contributed by atoms with E-state index in [1.54, 1.807) is 12.1 Å². The van der Waals surface area contributed by atoms with E-state index < -0.39 is 5.95 Å². The van der Waals surface area contributed by atoms with E-state index in [2.05, 4.69) is 26.4 Å². The SMILES string of the molecule is C[C@H]1CC[C@H](Cn2c(N3CCO[C@@H]4CCC[C@H]43)nc3cc(Cl)nc(-c4cc(Cl)cnc4F)c32)CC1. The van der Waals surface area contributed by atoms with E-state index in [9.17, 15) is 4.39 Å². The maximum absolute atomic E-state index is 15.0. The highest BCUT2D eigenvalue weighted by molar-refractivity contribution is 6.31. The van der Waals surface area contributed by atoms with Crippen LogP contribution in [0.1, 0.15) is 51.9 Å². The molecule has 3 aromatic heterocycles. The molecule has 186 valence electrons. The second-order valence-corrected chi connectivity index (χ2v) is 11.2. The standard InChI is InChI=1S/C26H30Cl2FN5O/c1-15-5-7-16(8-6-15)14-34-24-19(31-26(34)33-9-10-35-21-4-2-3-20(21)33)12-22(28)32-23(24)18-11-17(27)13-30-25(18)29/h11-13,15-16,20-21H,2-10,14H2,1H3/t15-,16-,20-,21-/m1/s1. The van der Waals surface area contributed by atoms with E-state index >= 15 is 0 Å². The number of imidazole rings is 1. The molecular formula is C26H30Cl2FN5O. The summed E-state index contributed by atoms with van der Waals surface area (Å²) in [5.41, 5.74) is 2.21. The van der Waals surface area contributed by atoms with Crippen LogP contribution in [-0.2, 0) is 11.3 Å². The van der Waals surface area contributed by atoms with Gasteiger partial charge >= 0.3 is 0 Å². The molecule has 0 aromatic carbocycles. The molecule has 2 saturated carbocycles. The molecule has 9 heteroatoms. The molecule has 4 heterocycles. The largest absolute Gasteiger partial charge is 0.374 e. The number of pyridine rings is 2. The first-order chi connectivity index (χ1) is 17.0. The third kappa shape index (κ3) is 4.40. The van der Waals surface area contributed by atoms with Gasteiger partial charge in [0.05, 0.1) is 40.4 Å². The molecule has 0 amide bonds. The first-order valence-corrected chi connectivity index (χ1v) is 13.5. The molecular weight excluding hydrogens is 488 g/mol. The van der Waals surface area contributed by atoms with Gasteiger partial charge in [0.25, 0.3) is 0 Å². The molecule has 3 aliphatic rings. The number of aromatic nitrogens is 4. The molecule has 0 radical (unpaired) electrons. The van der Waals surface area contributed by atoms with Crippen molar-refractivity contribution in [1.82, 2.24) is 19.5 Å². The highest BCUT2D eigenvalue weighted by Gasteiger charge is 2.39. The van der Waals surface area contributed by atoms with E-state index in [1.807, 2.05) is 0 Å². The number of fused-ring (bicyclic) bond motifs is 2. The van der Waals surface area contributed by atoms with E-state index in [0.717, 1.165) is 55.3 Å². The van der Waals surface area contributed by atoms with Crippen molar-refractivity contribution >= 4 is 40.2 Å². The summed E-state index contributed by atoms with van der Waals surface area (Å²) in [6.45, 7) is 4.63. The summed E-state index contributed by atoms with van der Waals surface area (Å²) in [6.07, 6.45) is 9.71. The summed E-state index contributed by atoms with van der Waals surface area (Å²) in [7, 11) is 0. The van der Waals surface area contributed by atoms with Gasteiger partial charge in [-0.05, 0) is 50.0 Å². The lowest BCUT2D eigenvalue weighted by atomic mass is 9.83. The number of anilines is 1. The van der Waals surface area contributed by atoms with Crippen molar-refractivity contribution in [3.05, 3.63) is 34.5 Å². The van der Waals surface area contributed by atoms with Crippen LogP contribution in [-0.4, -0.2) is 44.8 Å². The van der Waals surface area contributed by atoms with Crippen molar-refractivity contribution < 1.29 is 9.13 Å². The Bertz CT molecular complexity index is 1240. The number of hydrogen-bond acceptors (Lipinski definition) is 5. The number of ether oxygens (including phenoxy) is 1. The van der Waals surface area contributed by atoms with Gasteiger partial charge in [-0.15, -0.1) is 0 Å². The van der Waals surface area contributed by atoms with Crippen molar-refractivity contribution in [2.75, 3.05) is 18.1 Å². The Balaban J connectivity index is 1.53. The molecule has 1 aliphatic heterocycles. The van der Waals surface area contributed by atoms with Crippen LogP contribution in [0.3, 0.4) is 0 Å². The fourth-order valence-corrected chi connectivity index (χ4v) is 6.57. The average molecular weight is 518 g/mol. The third-order valence-electron chi connectivity index (χ3n) is 8.05. The molecule has 0 N–H and O–H groups in total. The van der Waals surface area contributed by atoms with Crippen LogP contribution in [0.15, 0.2) is 18.3 Å². The smallest absolute Gasteiger partial charge is 0.222 e. The molecule has 2 atom stereocenters. The molecule has 3 aromatic rings. The topological polar surface area (TPSA) is 56.1 Å². The van der Waals surface area contributed by atoms with E-state index in [-0.39, 0.29) is 16.8 Å². The summed E-state index contributed by atoms with van der Waals surface area (Å²) in [4.78, 5) is 16.0. The lowest BCUT2D eigenvalue weighted by molar-refractivity contribution is 0.0247. The maximum Gasteiger partial charge on any atom is 0.222 e. The van der Waals surface area contributed by atoms with E-state index in [1.165, 1.54) is 31.9 Å². The quantitative estimate of drug-likeness (QED) is 0.368. The molecule has 3 fully saturated rings. The average Bonchev–Trinajstić information content (AvgIpc) is 3.46. The summed E-state index contributed by atoms with van der Waals surface area (Å²) in [5, 5.41) is 0.626. The predicted molar refractivity (Wildman–Crippen MR) is 137 cm³/mol. The molecule has 6 rings (SSSR count). The van der Waals surface area contributed by atoms with Gasteiger partial charge in [0.15, 0.2) is 0 Å². The number of hydrogen-bond donors (Lipinski definition) is 0. The van der Waals surface area contributed by atoms with Crippen LogP contribution in [0.25, 0.3) is 22.3 Å². The number of morpholine rings is 1. The monoisotopic (exact) mass is 517 g/mol. The van der Waals surface area contributed by atoms with Gasteiger partial charge in [0.2, 0.25) is 11.9 Å². The van der Waals surface area contributed by atoms with Crippen LogP contribution >= 0.6 is 23.2 Å². The molecule has 6 nitrogen and oxygen atoms in total. The molecule has 0 bridgehead atoms. The number of rotatable bonds is 4. The lowest BCUT2D eigenvalue weighted by Crippen LogP contribution is -2.49. The van der Waals surface area contributed by atoms with Gasteiger partial charge in [0.1, 0.15) is 10.8 Å². The highest BCUT2D eigenvalue weighted by atomic mass is 35.5. The van der Waals surface area contributed by atoms with E-state index in [0.29, 0.717) is 29.3 Å². The zero-order valence-electron chi connectivity index (χ0n) is 19.9. The van der Waals surface area contributed by atoms with Gasteiger partial charge in [-0.1, -0.05) is 43.0 Å². The van der Waals surface area contributed by atoms with Gasteiger partial charge in [-0.25, -0.2) is 15.0 Å².